The third-order valence-corrected chi connectivity index (χ3v) is 6.15. The lowest BCUT2D eigenvalue weighted by Gasteiger charge is -2.19. The molecule has 4 rings (SSSR count). The molecule has 34 heavy (non-hydrogen) atoms. The molecule has 0 spiro atoms. The van der Waals surface area contributed by atoms with Gasteiger partial charge < -0.3 is 15.7 Å². The number of carbonyl (C=O) groups is 2. The molecule has 9 heteroatoms. The van der Waals surface area contributed by atoms with Crippen LogP contribution in [0.2, 0.25) is 5.02 Å². The minimum absolute atomic E-state index is 0.0522. The van der Waals surface area contributed by atoms with Gasteiger partial charge in [0, 0.05) is 29.0 Å². The number of hydrogen-bond donors (Lipinski definition) is 3. The first-order chi connectivity index (χ1) is 16.1. The van der Waals surface area contributed by atoms with Crippen LogP contribution in [0.5, 0.6) is 0 Å². The predicted molar refractivity (Wildman–Crippen MR) is 128 cm³/mol. The Morgan fingerprint density at radius 2 is 1.68 bits per heavy atom. The average molecular weight is 484 g/mol. The van der Waals surface area contributed by atoms with Gasteiger partial charge in [0.15, 0.2) is 0 Å². The van der Waals surface area contributed by atoms with E-state index in [1.165, 1.54) is 29.0 Å². The second-order valence-corrected chi connectivity index (χ2v) is 9.11. The average Bonchev–Trinajstić information content (AvgIpc) is 3.13. The van der Waals surface area contributed by atoms with E-state index in [0.717, 1.165) is 6.07 Å². The van der Waals surface area contributed by atoms with Gasteiger partial charge in [0.1, 0.15) is 5.82 Å². The van der Waals surface area contributed by atoms with E-state index in [9.17, 15) is 23.9 Å². The maximum Gasteiger partial charge on any atom is 0.255 e. The summed E-state index contributed by atoms with van der Waals surface area (Å²) in [6.45, 7) is 1.57. The fraction of sp³-hybridized carbons (Fsp3) is 0.240. The summed E-state index contributed by atoms with van der Waals surface area (Å²) in [7, 11) is 0. The quantitative estimate of drug-likeness (QED) is 0.511. The van der Waals surface area contributed by atoms with Crippen molar-refractivity contribution >= 4 is 34.8 Å². The largest absolute Gasteiger partial charge is 0.390 e. The Labute approximate surface area is 200 Å². The van der Waals surface area contributed by atoms with Gasteiger partial charge in [0.25, 0.3) is 5.56 Å². The van der Waals surface area contributed by atoms with E-state index < -0.39 is 35.1 Å². The Kier molecular flexibility index (Phi) is 6.54. The van der Waals surface area contributed by atoms with Crippen LogP contribution in [-0.2, 0) is 9.59 Å². The SMILES string of the molecule is CC1(O)CC(C(=O)Nc2ccc(Cl)cc2)C(C(=O)Nc2ccc(-n3ccccc3=O)cc2F)C1. The number of halogens is 2. The fourth-order valence-electron chi connectivity index (χ4n) is 4.26. The van der Waals surface area contributed by atoms with Crippen LogP contribution in [0.4, 0.5) is 15.8 Å². The van der Waals surface area contributed by atoms with E-state index in [-0.39, 0.29) is 24.1 Å². The lowest BCUT2D eigenvalue weighted by Crippen LogP contribution is -2.33. The number of amides is 2. The van der Waals surface area contributed by atoms with Gasteiger partial charge in [-0.05, 0) is 62.2 Å². The van der Waals surface area contributed by atoms with E-state index in [1.807, 2.05) is 0 Å². The molecular weight excluding hydrogens is 461 g/mol. The molecule has 1 fully saturated rings. The topological polar surface area (TPSA) is 100 Å². The molecule has 1 aliphatic rings. The highest BCUT2D eigenvalue weighted by molar-refractivity contribution is 6.30. The molecule has 2 aromatic carbocycles. The Morgan fingerprint density at radius 3 is 2.29 bits per heavy atom. The van der Waals surface area contributed by atoms with Crippen LogP contribution in [0, 0.1) is 17.7 Å². The summed E-state index contributed by atoms with van der Waals surface area (Å²) >= 11 is 5.87. The number of aliphatic hydroxyl groups is 1. The highest BCUT2D eigenvalue weighted by Crippen LogP contribution is 2.40. The number of anilines is 2. The van der Waals surface area contributed by atoms with Crippen molar-refractivity contribution in [3.8, 4) is 5.69 Å². The summed E-state index contributed by atoms with van der Waals surface area (Å²) in [5, 5.41) is 16.4. The van der Waals surface area contributed by atoms with Crippen molar-refractivity contribution < 1.29 is 19.1 Å². The molecule has 176 valence electrons. The van der Waals surface area contributed by atoms with Crippen LogP contribution in [-0.4, -0.2) is 27.1 Å². The molecule has 7 nitrogen and oxygen atoms in total. The minimum atomic E-state index is -1.22. The highest BCUT2D eigenvalue weighted by atomic mass is 35.5. The van der Waals surface area contributed by atoms with Crippen LogP contribution < -0.4 is 16.2 Å². The smallest absolute Gasteiger partial charge is 0.255 e. The molecular formula is C25H23ClFN3O4. The molecule has 0 bridgehead atoms. The van der Waals surface area contributed by atoms with Crippen LogP contribution >= 0.6 is 11.6 Å². The molecule has 2 amide bonds. The van der Waals surface area contributed by atoms with Crippen LogP contribution in [0.15, 0.2) is 71.7 Å². The summed E-state index contributed by atoms with van der Waals surface area (Å²) < 4.78 is 16.1. The van der Waals surface area contributed by atoms with Crippen molar-refractivity contribution in [3.63, 3.8) is 0 Å². The van der Waals surface area contributed by atoms with Gasteiger partial charge in [0.05, 0.1) is 28.8 Å². The van der Waals surface area contributed by atoms with Crippen molar-refractivity contribution in [2.45, 2.75) is 25.4 Å². The summed E-state index contributed by atoms with van der Waals surface area (Å²) in [5.74, 6) is -3.39. The third-order valence-electron chi connectivity index (χ3n) is 5.90. The maximum atomic E-state index is 14.8. The van der Waals surface area contributed by atoms with Crippen molar-refractivity contribution in [1.82, 2.24) is 4.57 Å². The molecule has 3 aromatic rings. The van der Waals surface area contributed by atoms with E-state index >= 15 is 0 Å². The zero-order chi connectivity index (χ0) is 24.5. The standard InChI is InChI=1S/C25H23ClFN3O4/c1-25(34)13-18(23(32)28-16-7-5-15(26)6-8-16)19(14-25)24(33)29-21-10-9-17(12-20(21)27)30-11-3-2-4-22(30)31/h2-12,18-19,34H,13-14H2,1H3,(H,28,32)(H,29,33). The Balaban J connectivity index is 1.51. The second kappa shape index (κ2) is 9.40. The molecule has 3 atom stereocenters. The van der Waals surface area contributed by atoms with Gasteiger partial charge in [0.2, 0.25) is 11.8 Å². The number of rotatable bonds is 5. The number of nitrogens with zero attached hydrogens (tertiary/aromatic N) is 1. The Morgan fingerprint density at radius 1 is 1.03 bits per heavy atom. The van der Waals surface area contributed by atoms with Gasteiger partial charge in [-0.25, -0.2) is 4.39 Å². The fourth-order valence-corrected chi connectivity index (χ4v) is 4.38. The number of nitrogens with one attached hydrogen (secondary N) is 2. The van der Waals surface area contributed by atoms with Crippen molar-refractivity contribution in [3.05, 3.63) is 88.1 Å². The Bertz CT molecular complexity index is 1290. The molecule has 0 aliphatic heterocycles. The molecule has 1 saturated carbocycles. The van der Waals surface area contributed by atoms with Crippen molar-refractivity contribution in [1.29, 1.82) is 0 Å². The maximum absolute atomic E-state index is 14.8. The second-order valence-electron chi connectivity index (χ2n) is 8.68. The van der Waals surface area contributed by atoms with Gasteiger partial charge in [-0.2, -0.15) is 0 Å². The van der Waals surface area contributed by atoms with E-state index in [0.29, 0.717) is 16.4 Å². The monoisotopic (exact) mass is 483 g/mol. The normalized spacial score (nSPS) is 21.8. The summed E-state index contributed by atoms with van der Waals surface area (Å²) in [6, 6.07) is 15.1. The number of carbonyl (C=O) groups excluding carboxylic acids is 2. The summed E-state index contributed by atoms with van der Waals surface area (Å²) in [6.07, 6.45) is 1.65. The number of benzene rings is 2. The van der Waals surface area contributed by atoms with Crippen LogP contribution in [0.3, 0.4) is 0 Å². The molecule has 3 unspecified atom stereocenters. The van der Waals surface area contributed by atoms with Crippen LogP contribution in [0.25, 0.3) is 5.69 Å². The Hall–Kier alpha value is -3.49. The zero-order valence-corrected chi connectivity index (χ0v) is 19.1. The lowest BCUT2D eigenvalue weighted by atomic mass is 9.94. The lowest BCUT2D eigenvalue weighted by molar-refractivity contribution is -0.128. The first-order valence-electron chi connectivity index (χ1n) is 10.7. The number of hydrogen-bond acceptors (Lipinski definition) is 4. The van der Waals surface area contributed by atoms with E-state index in [4.69, 9.17) is 11.6 Å². The predicted octanol–water partition coefficient (Wildman–Crippen LogP) is 3.98. The zero-order valence-electron chi connectivity index (χ0n) is 18.3. The summed E-state index contributed by atoms with van der Waals surface area (Å²) in [5.41, 5.74) is -0.800. The van der Waals surface area contributed by atoms with Gasteiger partial charge in [-0.1, -0.05) is 17.7 Å². The number of aromatic nitrogens is 1. The first kappa shape index (κ1) is 23.7. The molecule has 3 N–H and O–H groups in total. The minimum Gasteiger partial charge on any atom is -0.390 e. The molecule has 0 radical (unpaired) electrons. The third kappa shape index (κ3) is 5.18. The van der Waals surface area contributed by atoms with E-state index in [1.54, 1.807) is 43.3 Å². The van der Waals surface area contributed by atoms with Crippen LogP contribution in [0.1, 0.15) is 19.8 Å². The first-order valence-corrected chi connectivity index (χ1v) is 11.1. The van der Waals surface area contributed by atoms with Crippen molar-refractivity contribution in [2.24, 2.45) is 11.8 Å². The van der Waals surface area contributed by atoms with Crippen molar-refractivity contribution in [2.75, 3.05) is 10.6 Å². The molecule has 0 saturated heterocycles. The van der Waals surface area contributed by atoms with Gasteiger partial charge >= 0.3 is 0 Å². The number of pyridine rings is 1. The van der Waals surface area contributed by atoms with Gasteiger partial charge in [-0.3, -0.25) is 19.0 Å². The molecule has 1 heterocycles. The highest BCUT2D eigenvalue weighted by Gasteiger charge is 2.48. The van der Waals surface area contributed by atoms with Gasteiger partial charge in [-0.15, -0.1) is 0 Å². The molecule has 1 aliphatic carbocycles. The van der Waals surface area contributed by atoms with E-state index in [2.05, 4.69) is 10.6 Å². The molecule has 1 aromatic heterocycles. The summed E-state index contributed by atoms with van der Waals surface area (Å²) in [4.78, 5) is 37.9.